The van der Waals surface area contributed by atoms with Gasteiger partial charge in [-0.05, 0) is 57.6 Å². The quantitative estimate of drug-likeness (QED) is 0.261. The largest absolute Gasteiger partial charge is 0.296 e. The van der Waals surface area contributed by atoms with Crippen LogP contribution in [0.25, 0.3) is 0 Å². The SMILES string of the molecule is CCCCP(=N)(CCCC)N=P(CCCC)(CCCC)CCCC. The van der Waals surface area contributed by atoms with E-state index in [9.17, 15) is 5.16 Å². The molecule has 0 radical (unpaired) electrons. The van der Waals surface area contributed by atoms with Crippen LogP contribution in [0.4, 0.5) is 0 Å². The van der Waals surface area contributed by atoms with Crippen LogP contribution in [-0.2, 0) is 0 Å². The van der Waals surface area contributed by atoms with Gasteiger partial charge in [-0.3, -0.25) is 9.68 Å². The molecule has 0 heterocycles. The lowest BCUT2D eigenvalue weighted by Gasteiger charge is -2.30. The van der Waals surface area contributed by atoms with Gasteiger partial charge < -0.3 is 0 Å². The van der Waals surface area contributed by atoms with E-state index in [2.05, 4.69) is 34.6 Å². The molecule has 1 N–H and O–H groups in total. The minimum Gasteiger partial charge on any atom is -0.296 e. The smallest absolute Gasteiger partial charge is 0.0691 e. The zero-order chi connectivity index (χ0) is 18.3. The van der Waals surface area contributed by atoms with Gasteiger partial charge in [0.25, 0.3) is 0 Å². The average Bonchev–Trinajstić information content (AvgIpc) is 2.59. The van der Waals surface area contributed by atoms with Crippen molar-refractivity contribution in [3.63, 3.8) is 0 Å². The molecule has 0 saturated heterocycles. The van der Waals surface area contributed by atoms with E-state index in [1.807, 2.05) is 0 Å². The first-order chi connectivity index (χ1) is 11.5. The van der Waals surface area contributed by atoms with Gasteiger partial charge in [0.2, 0.25) is 0 Å². The van der Waals surface area contributed by atoms with Gasteiger partial charge in [-0.25, -0.2) is 0 Å². The third-order valence-corrected chi connectivity index (χ3v) is 13.4. The second-order valence-electron chi connectivity index (χ2n) is 7.49. The summed E-state index contributed by atoms with van der Waals surface area (Å²) in [6, 6.07) is 0. The van der Waals surface area contributed by atoms with E-state index >= 15 is 0 Å². The zero-order valence-electron chi connectivity index (χ0n) is 17.4. The molecular weight excluding hydrogens is 330 g/mol. The molecule has 146 valence electrons. The van der Waals surface area contributed by atoms with Gasteiger partial charge in [0.1, 0.15) is 0 Å². The minimum atomic E-state index is -1.82. The maximum atomic E-state index is 9.26. The van der Waals surface area contributed by atoms with Crippen LogP contribution in [0.1, 0.15) is 98.8 Å². The molecule has 0 rings (SSSR count). The Balaban J connectivity index is 5.65. The summed E-state index contributed by atoms with van der Waals surface area (Å²) in [7, 11) is -3.08. The molecule has 2 nitrogen and oxygen atoms in total. The highest BCUT2D eigenvalue weighted by atomic mass is 31.2. The number of nitrogens with zero attached hydrogens (tertiary/aromatic N) is 1. The summed E-state index contributed by atoms with van der Waals surface area (Å²) in [6.45, 7) is 11.5. The van der Waals surface area contributed by atoms with E-state index in [-0.39, 0.29) is 0 Å². The fourth-order valence-corrected chi connectivity index (χ4v) is 13.2. The highest BCUT2D eigenvalue weighted by Gasteiger charge is 2.24. The Kier molecular flexibility index (Phi) is 14.9. The van der Waals surface area contributed by atoms with E-state index in [4.69, 9.17) is 4.52 Å². The van der Waals surface area contributed by atoms with Crippen LogP contribution >= 0.6 is 14.3 Å². The van der Waals surface area contributed by atoms with Crippen molar-refractivity contribution in [1.82, 2.24) is 0 Å². The Labute approximate surface area is 153 Å². The number of unbranched alkanes of at least 4 members (excludes halogenated alkanes) is 5. The molecule has 0 unspecified atom stereocenters. The summed E-state index contributed by atoms with van der Waals surface area (Å²) in [4.78, 5) is 0. The fraction of sp³-hybridized carbons (Fsp3) is 1.00. The maximum Gasteiger partial charge on any atom is 0.0691 e. The number of hydrogen-bond acceptors (Lipinski definition) is 1. The van der Waals surface area contributed by atoms with E-state index in [1.54, 1.807) is 0 Å². The molecule has 0 aliphatic carbocycles. The van der Waals surface area contributed by atoms with Crippen molar-refractivity contribution in [3.8, 4) is 0 Å². The van der Waals surface area contributed by atoms with Crippen LogP contribution < -0.4 is 0 Å². The number of nitrogens with one attached hydrogen (secondary N) is 1. The maximum absolute atomic E-state index is 9.26. The molecule has 0 saturated carbocycles. The minimum absolute atomic E-state index is 1.09. The van der Waals surface area contributed by atoms with Crippen LogP contribution in [0.3, 0.4) is 0 Å². The highest BCUT2D eigenvalue weighted by molar-refractivity contribution is 7.76. The molecule has 4 heteroatoms. The molecule has 0 aromatic carbocycles. The third kappa shape index (κ3) is 10.5. The second-order valence-corrected chi connectivity index (χ2v) is 14.5. The van der Waals surface area contributed by atoms with Gasteiger partial charge in [0, 0.05) is 12.3 Å². The number of rotatable bonds is 16. The highest BCUT2D eigenvalue weighted by Crippen LogP contribution is 2.64. The third-order valence-electron chi connectivity index (χ3n) is 4.91. The van der Waals surface area contributed by atoms with Crippen LogP contribution in [0, 0.1) is 5.16 Å². The van der Waals surface area contributed by atoms with Gasteiger partial charge in [0.15, 0.2) is 0 Å². The second kappa shape index (κ2) is 14.6. The molecule has 0 aromatic heterocycles. The molecule has 0 aliphatic heterocycles. The van der Waals surface area contributed by atoms with E-state index in [1.165, 1.54) is 82.7 Å². The lowest BCUT2D eigenvalue weighted by atomic mass is 10.4. The molecule has 0 aromatic rings. The predicted molar refractivity (Wildman–Crippen MR) is 118 cm³/mol. The molecule has 0 spiro atoms. The van der Waals surface area contributed by atoms with Gasteiger partial charge in [-0.2, -0.15) is 0 Å². The monoisotopic (exact) mass is 376 g/mol. The molecule has 24 heavy (non-hydrogen) atoms. The van der Waals surface area contributed by atoms with Crippen LogP contribution in [0.2, 0.25) is 0 Å². The van der Waals surface area contributed by atoms with Crippen LogP contribution in [0.15, 0.2) is 4.52 Å². The average molecular weight is 377 g/mol. The molecule has 0 atom stereocenters. The Morgan fingerprint density at radius 1 is 0.542 bits per heavy atom. The first kappa shape index (κ1) is 24.5. The molecule has 0 amide bonds. The summed E-state index contributed by atoms with van der Waals surface area (Å²) in [5.74, 6) is 0. The summed E-state index contributed by atoms with van der Waals surface area (Å²) in [5.41, 5.74) is 0. The molecular formula is C20H46N2P2. The standard InChI is InChI=1S/C20H46N2P2/c1-6-11-16-23(17-12-7-2,18-13-8-3)22-24(21,19-14-9-4)20-15-10-5/h21H,6-20H2,1-5H3. The lowest BCUT2D eigenvalue weighted by Crippen LogP contribution is -2.03. The van der Waals surface area contributed by atoms with Gasteiger partial charge in [-0.1, -0.05) is 66.7 Å². The van der Waals surface area contributed by atoms with Crippen molar-refractivity contribution in [2.24, 2.45) is 4.52 Å². The van der Waals surface area contributed by atoms with Crippen molar-refractivity contribution >= 4 is 14.3 Å². The van der Waals surface area contributed by atoms with Crippen molar-refractivity contribution in [3.05, 3.63) is 0 Å². The van der Waals surface area contributed by atoms with Gasteiger partial charge in [-0.15, -0.1) is 0 Å². The van der Waals surface area contributed by atoms with Crippen molar-refractivity contribution in [2.45, 2.75) is 98.8 Å². The Bertz CT molecular complexity index is 351. The number of hydrogen-bond donors (Lipinski definition) is 1. The Hall–Kier alpha value is 0.460. The summed E-state index contributed by atoms with van der Waals surface area (Å²) < 4.78 is 5.62. The van der Waals surface area contributed by atoms with Gasteiger partial charge in [0.05, 0.1) is 7.21 Å². The van der Waals surface area contributed by atoms with Crippen LogP contribution in [-0.4, -0.2) is 30.8 Å². The summed E-state index contributed by atoms with van der Waals surface area (Å²) >= 11 is 0. The first-order valence-corrected chi connectivity index (χ1v) is 15.1. The van der Waals surface area contributed by atoms with Crippen LogP contribution in [0.5, 0.6) is 0 Å². The topological polar surface area (TPSA) is 36.2 Å². The first-order valence-electron chi connectivity index (χ1n) is 10.7. The molecule has 0 bridgehead atoms. The van der Waals surface area contributed by atoms with Gasteiger partial charge >= 0.3 is 0 Å². The predicted octanol–water partition coefficient (Wildman–Crippen LogP) is 8.88. The van der Waals surface area contributed by atoms with E-state index < -0.39 is 14.3 Å². The fourth-order valence-electron chi connectivity index (χ4n) is 3.23. The van der Waals surface area contributed by atoms with Crippen molar-refractivity contribution in [1.29, 1.82) is 5.16 Å². The normalized spacial score (nSPS) is 12.5. The summed E-state index contributed by atoms with van der Waals surface area (Å²) in [5, 5.41) is 9.26. The molecule has 0 fully saturated rings. The lowest BCUT2D eigenvalue weighted by molar-refractivity contribution is 0.839. The Morgan fingerprint density at radius 2 is 0.833 bits per heavy atom. The molecule has 0 aliphatic rings. The Morgan fingerprint density at radius 3 is 1.12 bits per heavy atom. The van der Waals surface area contributed by atoms with Crippen molar-refractivity contribution < 1.29 is 0 Å². The van der Waals surface area contributed by atoms with E-state index in [0.29, 0.717) is 0 Å². The summed E-state index contributed by atoms with van der Waals surface area (Å²) in [6.07, 6.45) is 18.9. The zero-order valence-corrected chi connectivity index (χ0v) is 19.2. The van der Waals surface area contributed by atoms with E-state index in [0.717, 1.165) is 12.3 Å². The van der Waals surface area contributed by atoms with Crippen molar-refractivity contribution in [2.75, 3.05) is 30.8 Å².